The number of esters is 1. The Hall–Kier alpha value is -5.22. The fourth-order valence-corrected chi connectivity index (χ4v) is 3.69. The molecule has 0 atom stereocenters. The van der Waals surface area contributed by atoms with E-state index in [0.717, 1.165) is 23.8 Å². The SMILES string of the molecule is O=C(/C=C/c1ccc(Cl)cc1)Oc1ccccc1C=NNC(=O)c1cccc(NC(=O)c2cccc(C(F)(F)F)c2)c1. The highest BCUT2D eigenvalue weighted by Gasteiger charge is 2.30. The van der Waals surface area contributed by atoms with E-state index >= 15 is 0 Å². The van der Waals surface area contributed by atoms with Crippen molar-refractivity contribution in [3.8, 4) is 5.75 Å². The topological polar surface area (TPSA) is 96.9 Å². The third kappa shape index (κ3) is 8.39. The standard InChI is InChI=1S/C31H21ClF3N3O4/c32-25-14-11-20(12-15-25)13-16-28(39)42-27-10-2-1-5-23(27)19-36-38-30(41)22-7-4-9-26(18-22)37-29(40)21-6-3-8-24(17-21)31(33,34)35/h1-19H,(H,37,40)(H,38,41)/b16-13+,36-19?. The zero-order valence-corrected chi connectivity index (χ0v) is 22.3. The second-order valence-electron chi connectivity index (χ2n) is 8.66. The molecule has 2 amide bonds. The fourth-order valence-electron chi connectivity index (χ4n) is 3.56. The van der Waals surface area contributed by atoms with E-state index in [2.05, 4.69) is 15.8 Å². The van der Waals surface area contributed by atoms with Crippen molar-refractivity contribution in [3.05, 3.63) is 136 Å². The van der Waals surface area contributed by atoms with Crippen LogP contribution in [0.4, 0.5) is 18.9 Å². The van der Waals surface area contributed by atoms with Crippen molar-refractivity contribution in [2.75, 3.05) is 5.32 Å². The number of benzene rings is 4. The van der Waals surface area contributed by atoms with Gasteiger partial charge in [-0.25, -0.2) is 10.2 Å². The van der Waals surface area contributed by atoms with Crippen LogP contribution in [0, 0.1) is 0 Å². The molecule has 0 heterocycles. The quantitative estimate of drug-likeness (QED) is 0.0758. The first-order valence-corrected chi connectivity index (χ1v) is 12.6. The maximum absolute atomic E-state index is 13.0. The highest BCUT2D eigenvalue weighted by Crippen LogP contribution is 2.29. The number of carbonyl (C=O) groups is 3. The monoisotopic (exact) mass is 591 g/mol. The number of nitrogens with zero attached hydrogens (tertiary/aromatic N) is 1. The molecule has 0 aliphatic rings. The van der Waals surface area contributed by atoms with E-state index < -0.39 is 29.5 Å². The summed E-state index contributed by atoms with van der Waals surface area (Å²) in [6.07, 6.45) is -0.460. The van der Waals surface area contributed by atoms with E-state index in [-0.39, 0.29) is 22.6 Å². The molecule has 0 aromatic heterocycles. The minimum absolute atomic E-state index is 0.126. The lowest BCUT2D eigenvalue weighted by Gasteiger charge is -2.10. The average molecular weight is 592 g/mol. The molecule has 4 aromatic rings. The minimum atomic E-state index is -4.59. The largest absolute Gasteiger partial charge is 0.423 e. The Morgan fingerprint density at radius 2 is 1.50 bits per heavy atom. The van der Waals surface area contributed by atoms with E-state index in [4.69, 9.17) is 16.3 Å². The summed E-state index contributed by atoms with van der Waals surface area (Å²) < 4.78 is 44.3. The van der Waals surface area contributed by atoms with Crippen LogP contribution in [0.3, 0.4) is 0 Å². The highest BCUT2D eigenvalue weighted by atomic mass is 35.5. The van der Waals surface area contributed by atoms with Crippen molar-refractivity contribution in [1.29, 1.82) is 0 Å². The van der Waals surface area contributed by atoms with Crippen LogP contribution >= 0.6 is 11.6 Å². The number of halogens is 4. The van der Waals surface area contributed by atoms with Crippen molar-refractivity contribution in [2.24, 2.45) is 5.10 Å². The Morgan fingerprint density at radius 3 is 2.24 bits per heavy atom. The predicted molar refractivity (Wildman–Crippen MR) is 153 cm³/mol. The number of hydrogen-bond donors (Lipinski definition) is 2. The summed E-state index contributed by atoms with van der Waals surface area (Å²) in [7, 11) is 0. The fraction of sp³-hybridized carbons (Fsp3) is 0.0323. The van der Waals surface area contributed by atoms with Crippen LogP contribution in [0.15, 0.2) is 108 Å². The summed E-state index contributed by atoms with van der Waals surface area (Å²) in [6.45, 7) is 0. The Morgan fingerprint density at radius 1 is 0.810 bits per heavy atom. The summed E-state index contributed by atoms with van der Waals surface area (Å²) in [6, 6.07) is 23.2. The first-order valence-electron chi connectivity index (χ1n) is 12.2. The molecule has 0 unspecified atom stereocenters. The summed E-state index contributed by atoms with van der Waals surface area (Å²) in [5, 5.41) is 6.97. The van der Waals surface area contributed by atoms with Crippen LogP contribution in [0.2, 0.25) is 5.02 Å². The van der Waals surface area contributed by atoms with Gasteiger partial charge in [-0.2, -0.15) is 18.3 Å². The number of anilines is 1. The van der Waals surface area contributed by atoms with Crippen LogP contribution in [0.1, 0.15) is 37.4 Å². The number of hydrazone groups is 1. The molecule has 4 aromatic carbocycles. The first-order chi connectivity index (χ1) is 20.1. The van der Waals surface area contributed by atoms with E-state index in [0.29, 0.717) is 10.6 Å². The maximum Gasteiger partial charge on any atom is 0.416 e. The minimum Gasteiger partial charge on any atom is -0.423 e. The van der Waals surface area contributed by atoms with Gasteiger partial charge in [0.25, 0.3) is 11.8 Å². The van der Waals surface area contributed by atoms with Crippen LogP contribution in [0.25, 0.3) is 6.08 Å². The summed E-state index contributed by atoms with van der Waals surface area (Å²) in [4.78, 5) is 37.4. The molecule has 0 saturated carbocycles. The Kier molecular flexibility index (Phi) is 9.51. The number of hydrogen-bond acceptors (Lipinski definition) is 5. The van der Waals surface area contributed by atoms with Crippen molar-refractivity contribution < 1.29 is 32.3 Å². The third-order valence-corrected chi connectivity index (χ3v) is 5.87. The molecule has 11 heteroatoms. The zero-order chi connectivity index (χ0) is 30.1. The molecule has 212 valence electrons. The van der Waals surface area contributed by atoms with Gasteiger partial charge >= 0.3 is 12.1 Å². The number of ether oxygens (including phenoxy) is 1. The number of nitrogens with one attached hydrogen (secondary N) is 2. The molecule has 2 N–H and O–H groups in total. The predicted octanol–water partition coefficient (Wildman–Crippen LogP) is 6.99. The molecule has 0 saturated heterocycles. The molecule has 0 aliphatic carbocycles. The van der Waals surface area contributed by atoms with Gasteiger partial charge in [0.2, 0.25) is 0 Å². The molecule has 42 heavy (non-hydrogen) atoms. The number of carbonyl (C=O) groups excluding carboxylic acids is 3. The lowest BCUT2D eigenvalue weighted by molar-refractivity contribution is -0.137. The van der Waals surface area contributed by atoms with Gasteiger partial charge in [0, 0.05) is 33.5 Å². The molecule has 0 bridgehead atoms. The molecule has 0 aliphatic heterocycles. The smallest absolute Gasteiger partial charge is 0.416 e. The van der Waals surface area contributed by atoms with E-state index in [1.165, 1.54) is 42.6 Å². The van der Waals surface area contributed by atoms with E-state index in [1.54, 1.807) is 54.6 Å². The third-order valence-electron chi connectivity index (χ3n) is 5.62. The summed E-state index contributed by atoms with van der Waals surface area (Å²) >= 11 is 5.86. The molecular formula is C31H21ClF3N3O4. The van der Waals surface area contributed by atoms with Crippen molar-refractivity contribution >= 4 is 47.4 Å². The van der Waals surface area contributed by atoms with Gasteiger partial charge in [0.05, 0.1) is 11.8 Å². The van der Waals surface area contributed by atoms with Gasteiger partial charge < -0.3 is 10.1 Å². The molecule has 0 fully saturated rings. The molecule has 0 radical (unpaired) electrons. The number of rotatable bonds is 8. The lowest BCUT2D eigenvalue weighted by atomic mass is 10.1. The lowest BCUT2D eigenvalue weighted by Crippen LogP contribution is -2.18. The summed E-state index contributed by atoms with van der Waals surface area (Å²) in [5.41, 5.74) is 2.69. The number of alkyl halides is 3. The van der Waals surface area contributed by atoms with Crippen LogP contribution < -0.4 is 15.5 Å². The van der Waals surface area contributed by atoms with Crippen molar-refractivity contribution in [3.63, 3.8) is 0 Å². The number of para-hydroxylation sites is 1. The van der Waals surface area contributed by atoms with Gasteiger partial charge in [-0.3, -0.25) is 9.59 Å². The molecule has 0 spiro atoms. The van der Waals surface area contributed by atoms with Crippen molar-refractivity contribution in [1.82, 2.24) is 5.43 Å². The second kappa shape index (κ2) is 13.4. The normalized spacial score (nSPS) is 11.4. The molecule has 4 rings (SSSR count). The maximum atomic E-state index is 13.0. The van der Waals surface area contributed by atoms with Crippen LogP contribution in [-0.2, 0) is 11.0 Å². The Bertz CT molecular complexity index is 1670. The van der Waals surface area contributed by atoms with Gasteiger partial charge in [0.1, 0.15) is 5.75 Å². The molecular weight excluding hydrogens is 571 g/mol. The summed E-state index contributed by atoms with van der Waals surface area (Å²) in [5.74, 6) is -1.81. The van der Waals surface area contributed by atoms with Gasteiger partial charge in [-0.1, -0.05) is 48.0 Å². The Balaban J connectivity index is 1.37. The van der Waals surface area contributed by atoms with Crippen LogP contribution in [0.5, 0.6) is 5.75 Å². The highest BCUT2D eigenvalue weighted by molar-refractivity contribution is 6.30. The van der Waals surface area contributed by atoms with Gasteiger partial charge in [0.15, 0.2) is 0 Å². The first kappa shape index (κ1) is 29.8. The molecule has 7 nitrogen and oxygen atoms in total. The average Bonchev–Trinajstić information content (AvgIpc) is 2.97. The number of amides is 2. The van der Waals surface area contributed by atoms with Gasteiger partial charge in [-0.05, 0) is 72.3 Å². The van der Waals surface area contributed by atoms with E-state index in [9.17, 15) is 27.6 Å². The van der Waals surface area contributed by atoms with Gasteiger partial charge in [-0.15, -0.1) is 0 Å². The van der Waals surface area contributed by atoms with Crippen molar-refractivity contribution in [2.45, 2.75) is 6.18 Å². The second-order valence-corrected chi connectivity index (χ2v) is 9.09. The van der Waals surface area contributed by atoms with E-state index in [1.807, 2.05) is 0 Å². The van der Waals surface area contributed by atoms with Crippen LogP contribution in [-0.4, -0.2) is 24.0 Å². The Labute approximate surface area is 243 Å². The zero-order valence-electron chi connectivity index (χ0n) is 21.6.